The number of carbonyl (C=O) groups excluding carboxylic acids is 1. The molecule has 0 saturated heterocycles. The van der Waals surface area contributed by atoms with Crippen molar-refractivity contribution in [3.05, 3.63) is 35.5 Å². The van der Waals surface area contributed by atoms with Gasteiger partial charge < -0.3 is 10.3 Å². The van der Waals surface area contributed by atoms with Crippen LogP contribution in [0.3, 0.4) is 0 Å². The summed E-state index contributed by atoms with van der Waals surface area (Å²) in [5.41, 5.74) is 7.42. The van der Waals surface area contributed by atoms with Gasteiger partial charge in [-0.05, 0) is 31.2 Å². The molecular weight excluding hydrogens is 274 g/mol. The molecule has 0 spiro atoms. The SMILES string of the molecule is Cc1nnc(NC(=O)Cn2ccc3cc(N)ccc32)s1. The molecule has 0 saturated carbocycles. The number of carbonyl (C=O) groups is 1. The van der Waals surface area contributed by atoms with Crippen molar-refractivity contribution in [2.75, 3.05) is 11.1 Å². The molecule has 102 valence electrons. The van der Waals surface area contributed by atoms with Gasteiger partial charge in [-0.3, -0.25) is 10.1 Å². The van der Waals surface area contributed by atoms with Crippen molar-refractivity contribution in [2.24, 2.45) is 0 Å². The minimum atomic E-state index is -0.129. The molecule has 1 amide bonds. The number of hydrogen-bond donors (Lipinski definition) is 2. The monoisotopic (exact) mass is 287 g/mol. The molecule has 20 heavy (non-hydrogen) atoms. The van der Waals surface area contributed by atoms with Crippen molar-refractivity contribution in [1.29, 1.82) is 0 Å². The fourth-order valence-corrected chi connectivity index (χ4v) is 2.63. The zero-order valence-electron chi connectivity index (χ0n) is 10.8. The number of fused-ring (bicyclic) bond motifs is 1. The quantitative estimate of drug-likeness (QED) is 0.722. The Morgan fingerprint density at radius 3 is 3.00 bits per heavy atom. The van der Waals surface area contributed by atoms with Crippen molar-refractivity contribution in [3.8, 4) is 0 Å². The number of nitrogen functional groups attached to an aromatic ring is 1. The summed E-state index contributed by atoms with van der Waals surface area (Å²) < 4.78 is 1.87. The van der Waals surface area contributed by atoms with Crippen LogP contribution in [0.4, 0.5) is 10.8 Å². The second-order valence-electron chi connectivity index (χ2n) is 4.44. The van der Waals surface area contributed by atoms with Gasteiger partial charge in [0.2, 0.25) is 11.0 Å². The molecular formula is C13H13N5OS. The molecule has 0 unspecified atom stereocenters. The first-order valence-electron chi connectivity index (χ1n) is 6.06. The summed E-state index contributed by atoms with van der Waals surface area (Å²) in [5, 5.41) is 12.8. The first kappa shape index (κ1) is 12.6. The Balaban J connectivity index is 1.77. The number of aromatic nitrogens is 3. The van der Waals surface area contributed by atoms with Gasteiger partial charge in [0.15, 0.2) is 0 Å². The Labute approximate surface area is 119 Å². The maximum absolute atomic E-state index is 12.0. The van der Waals surface area contributed by atoms with Crippen LogP contribution in [-0.2, 0) is 11.3 Å². The third-order valence-corrected chi connectivity index (χ3v) is 3.64. The highest BCUT2D eigenvalue weighted by Gasteiger charge is 2.09. The highest BCUT2D eigenvalue weighted by Crippen LogP contribution is 2.19. The molecule has 0 fully saturated rings. The van der Waals surface area contributed by atoms with Crippen molar-refractivity contribution in [1.82, 2.24) is 14.8 Å². The van der Waals surface area contributed by atoms with Gasteiger partial charge in [-0.2, -0.15) is 0 Å². The van der Waals surface area contributed by atoms with Crippen LogP contribution >= 0.6 is 11.3 Å². The molecule has 0 aliphatic carbocycles. The van der Waals surface area contributed by atoms with Crippen LogP contribution in [-0.4, -0.2) is 20.7 Å². The van der Waals surface area contributed by atoms with E-state index in [2.05, 4.69) is 15.5 Å². The Morgan fingerprint density at radius 2 is 2.25 bits per heavy atom. The number of anilines is 2. The minimum Gasteiger partial charge on any atom is -0.399 e. The van der Waals surface area contributed by atoms with Crippen LogP contribution in [0, 0.1) is 6.92 Å². The second-order valence-corrected chi connectivity index (χ2v) is 5.62. The fraction of sp³-hybridized carbons (Fsp3) is 0.154. The number of nitrogens with zero attached hydrogens (tertiary/aromatic N) is 3. The summed E-state index contributed by atoms with van der Waals surface area (Å²) in [5.74, 6) is -0.129. The molecule has 3 aromatic rings. The van der Waals surface area contributed by atoms with Crippen LogP contribution in [0.25, 0.3) is 10.9 Å². The number of nitrogens with one attached hydrogen (secondary N) is 1. The van der Waals surface area contributed by atoms with E-state index in [4.69, 9.17) is 5.73 Å². The lowest BCUT2D eigenvalue weighted by Gasteiger charge is -2.05. The van der Waals surface area contributed by atoms with Gasteiger partial charge in [0, 0.05) is 22.8 Å². The Bertz CT molecular complexity index is 776. The lowest BCUT2D eigenvalue weighted by atomic mass is 10.2. The number of hydrogen-bond acceptors (Lipinski definition) is 5. The second kappa shape index (κ2) is 4.93. The topological polar surface area (TPSA) is 85.8 Å². The molecule has 7 heteroatoms. The summed E-state index contributed by atoms with van der Waals surface area (Å²) in [6.07, 6.45) is 1.87. The summed E-state index contributed by atoms with van der Waals surface area (Å²) in [7, 11) is 0. The third-order valence-electron chi connectivity index (χ3n) is 2.88. The fourth-order valence-electron chi connectivity index (χ4n) is 2.02. The van der Waals surface area contributed by atoms with Crippen molar-refractivity contribution in [3.63, 3.8) is 0 Å². The van der Waals surface area contributed by atoms with Gasteiger partial charge in [0.05, 0.1) is 0 Å². The number of rotatable bonds is 3. The molecule has 0 atom stereocenters. The predicted molar refractivity (Wildman–Crippen MR) is 79.6 cm³/mol. The normalized spacial score (nSPS) is 10.8. The van der Waals surface area contributed by atoms with E-state index in [1.165, 1.54) is 11.3 Å². The predicted octanol–water partition coefficient (Wildman–Crippen LogP) is 2.02. The zero-order chi connectivity index (χ0) is 14.1. The minimum absolute atomic E-state index is 0.129. The van der Waals surface area contributed by atoms with Crippen molar-refractivity contribution in [2.45, 2.75) is 13.5 Å². The van der Waals surface area contributed by atoms with Gasteiger partial charge in [0.25, 0.3) is 0 Å². The maximum atomic E-state index is 12.0. The number of aryl methyl sites for hydroxylation is 1. The average molecular weight is 287 g/mol. The summed E-state index contributed by atoms with van der Waals surface area (Å²) in [4.78, 5) is 12.0. The molecule has 0 aliphatic heterocycles. The number of amides is 1. The molecule has 0 aliphatic rings. The first-order chi connectivity index (χ1) is 9.61. The summed E-state index contributed by atoms with van der Waals surface area (Å²) in [6, 6.07) is 7.56. The van der Waals surface area contributed by atoms with E-state index in [-0.39, 0.29) is 12.5 Å². The number of nitrogens with two attached hydrogens (primary N) is 1. The van der Waals surface area contributed by atoms with E-state index < -0.39 is 0 Å². The van der Waals surface area contributed by atoms with Gasteiger partial charge in [-0.1, -0.05) is 11.3 Å². The summed E-state index contributed by atoms with van der Waals surface area (Å²) in [6.45, 7) is 2.07. The zero-order valence-corrected chi connectivity index (χ0v) is 11.6. The average Bonchev–Trinajstić information content (AvgIpc) is 2.96. The third kappa shape index (κ3) is 2.48. The van der Waals surface area contributed by atoms with E-state index in [1.54, 1.807) is 0 Å². The Kier molecular flexibility index (Phi) is 3.11. The summed E-state index contributed by atoms with van der Waals surface area (Å²) >= 11 is 1.35. The smallest absolute Gasteiger partial charge is 0.246 e. The molecule has 0 radical (unpaired) electrons. The molecule has 2 heterocycles. The molecule has 1 aromatic carbocycles. The Morgan fingerprint density at radius 1 is 1.40 bits per heavy atom. The van der Waals surface area contributed by atoms with Crippen molar-refractivity contribution < 1.29 is 4.79 Å². The Hall–Kier alpha value is -2.41. The molecule has 6 nitrogen and oxygen atoms in total. The van der Waals surface area contributed by atoms with E-state index in [0.29, 0.717) is 10.8 Å². The van der Waals surface area contributed by atoms with Gasteiger partial charge in [-0.15, -0.1) is 10.2 Å². The van der Waals surface area contributed by atoms with Crippen LogP contribution in [0.1, 0.15) is 5.01 Å². The van der Waals surface area contributed by atoms with Crippen molar-refractivity contribution >= 4 is 39.0 Å². The molecule has 3 rings (SSSR count). The first-order valence-corrected chi connectivity index (χ1v) is 6.88. The lowest BCUT2D eigenvalue weighted by Crippen LogP contribution is -2.18. The maximum Gasteiger partial charge on any atom is 0.246 e. The van der Waals surface area contributed by atoms with Gasteiger partial charge in [0.1, 0.15) is 11.6 Å². The standard InChI is InChI=1S/C13H13N5OS/c1-8-16-17-13(20-8)15-12(19)7-18-5-4-9-6-10(14)2-3-11(9)18/h2-6H,7,14H2,1H3,(H,15,17,19). The lowest BCUT2D eigenvalue weighted by molar-refractivity contribution is -0.116. The largest absolute Gasteiger partial charge is 0.399 e. The van der Waals surface area contributed by atoms with E-state index in [9.17, 15) is 4.79 Å². The van der Waals surface area contributed by atoms with Crippen LogP contribution in [0.15, 0.2) is 30.5 Å². The highest BCUT2D eigenvalue weighted by atomic mass is 32.1. The van der Waals surface area contributed by atoms with Crippen LogP contribution in [0.5, 0.6) is 0 Å². The van der Waals surface area contributed by atoms with E-state index in [0.717, 1.165) is 15.9 Å². The highest BCUT2D eigenvalue weighted by molar-refractivity contribution is 7.15. The number of benzene rings is 1. The van der Waals surface area contributed by atoms with Gasteiger partial charge >= 0.3 is 0 Å². The van der Waals surface area contributed by atoms with Crippen LogP contribution in [0.2, 0.25) is 0 Å². The van der Waals surface area contributed by atoms with Crippen LogP contribution < -0.4 is 11.1 Å². The molecule has 0 bridgehead atoms. The van der Waals surface area contributed by atoms with Gasteiger partial charge in [-0.25, -0.2) is 0 Å². The molecule has 3 N–H and O–H groups in total. The van der Waals surface area contributed by atoms with E-state index in [1.807, 2.05) is 42.0 Å². The van der Waals surface area contributed by atoms with E-state index >= 15 is 0 Å². The molecule has 2 aromatic heterocycles.